The molecule has 3 N–H and O–H groups in total. The molecule has 0 aromatic heterocycles. The van der Waals surface area contributed by atoms with Gasteiger partial charge in [0.1, 0.15) is 13.2 Å². The van der Waals surface area contributed by atoms with E-state index in [1.807, 2.05) is 27.2 Å². The minimum Gasteiger partial charge on any atom is -0.387 e. The van der Waals surface area contributed by atoms with Crippen LogP contribution in [0, 0.1) is 0 Å². The first-order valence-corrected chi connectivity index (χ1v) is 22.7. The number of nitrogens with zero attached hydrogens (tertiary/aromatic N) is 1. The van der Waals surface area contributed by atoms with Gasteiger partial charge in [0, 0.05) is 6.92 Å². The number of hydrogen-bond donors (Lipinski definition) is 3. The van der Waals surface area contributed by atoms with Crippen molar-refractivity contribution in [1.29, 1.82) is 0 Å². The highest BCUT2D eigenvalue weighted by Crippen LogP contribution is 2.43. The van der Waals surface area contributed by atoms with E-state index < -0.39 is 20.0 Å². The third-order valence-corrected chi connectivity index (χ3v) is 10.4. The molecule has 9 heteroatoms. The number of carbonyl (C=O) groups excluding carboxylic acids is 1. The maximum atomic E-state index is 12.2. The van der Waals surface area contributed by atoms with Crippen molar-refractivity contribution in [3.8, 4) is 0 Å². The number of rotatable bonds is 38. The molecule has 0 spiro atoms. The Hall–Kier alpha value is -1.02. The summed E-state index contributed by atoms with van der Waals surface area (Å²) in [6.07, 6.45) is 43.4. The van der Waals surface area contributed by atoms with Crippen molar-refractivity contribution in [2.24, 2.45) is 0 Å². The van der Waals surface area contributed by atoms with Crippen LogP contribution in [0.15, 0.2) is 24.3 Å². The third kappa shape index (κ3) is 38.5. The SMILES string of the molecule is CCCCCCCCCCCCCCCCCCCCCCCCCC/C=C/CC/C=C/C(O)C(COP(=O)(O)OCC[N+](C)(C)C)NC(C)=O. The summed E-state index contributed by atoms with van der Waals surface area (Å²) in [7, 11) is 1.55. The van der Waals surface area contributed by atoms with Gasteiger partial charge in [-0.2, -0.15) is 0 Å². The average Bonchev–Trinajstić information content (AvgIpc) is 3.06. The van der Waals surface area contributed by atoms with E-state index in [4.69, 9.17) is 9.05 Å². The molecular weight excluding hydrogens is 659 g/mol. The number of quaternary nitrogens is 1. The van der Waals surface area contributed by atoms with Gasteiger partial charge < -0.3 is 19.8 Å². The van der Waals surface area contributed by atoms with E-state index in [-0.39, 0.29) is 19.1 Å². The van der Waals surface area contributed by atoms with Gasteiger partial charge >= 0.3 is 7.82 Å². The summed E-state index contributed by atoms with van der Waals surface area (Å²) in [6, 6.07) is -0.861. The Bertz CT molecular complexity index is 891. The molecule has 0 saturated carbocycles. The fourth-order valence-corrected chi connectivity index (χ4v) is 6.89. The molecule has 0 aromatic carbocycles. The van der Waals surface area contributed by atoms with Gasteiger partial charge in [0.15, 0.2) is 0 Å². The highest BCUT2D eigenvalue weighted by molar-refractivity contribution is 7.47. The van der Waals surface area contributed by atoms with Gasteiger partial charge in [0.2, 0.25) is 5.91 Å². The number of phosphoric ester groups is 1. The molecule has 0 rings (SSSR count). The van der Waals surface area contributed by atoms with Crippen molar-refractivity contribution in [1.82, 2.24) is 5.32 Å². The van der Waals surface area contributed by atoms with Crippen LogP contribution in [0.4, 0.5) is 0 Å². The van der Waals surface area contributed by atoms with Crippen molar-refractivity contribution in [3.63, 3.8) is 0 Å². The van der Waals surface area contributed by atoms with Crippen molar-refractivity contribution < 1.29 is 32.9 Å². The minimum absolute atomic E-state index is 0.0533. The maximum Gasteiger partial charge on any atom is 0.472 e. The molecule has 302 valence electrons. The van der Waals surface area contributed by atoms with Gasteiger partial charge in [-0.3, -0.25) is 13.8 Å². The van der Waals surface area contributed by atoms with E-state index in [0.29, 0.717) is 11.0 Å². The smallest absolute Gasteiger partial charge is 0.387 e. The fourth-order valence-electron chi connectivity index (χ4n) is 6.15. The van der Waals surface area contributed by atoms with Gasteiger partial charge in [0.05, 0.1) is 39.9 Å². The van der Waals surface area contributed by atoms with Gasteiger partial charge in [-0.05, 0) is 25.7 Å². The number of likely N-dealkylation sites (N-methyl/N-ethyl adjacent to an activating group) is 1. The number of nitrogens with one attached hydrogen (secondary N) is 1. The molecule has 3 atom stereocenters. The first-order valence-electron chi connectivity index (χ1n) is 21.2. The standard InChI is InChI=1S/C42H83N2O6P/c1-6-7-8-9-10-11-12-13-14-15-16-17-18-19-20-21-22-23-24-25-26-27-28-29-30-31-32-33-34-35-36-42(46)41(43-40(2)45)39-50-51(47,48)49-38-37-44(3,4)5/h31-32,35-36,41-42,46H,6-30,33-34,37-39H2,1-5H3,(H-,43,45,47,48)/p+1/b32-31+,36-35+. The molecule has 0 fully saturated rings. The molecule has 0 aliphatic heterocycles. The van der Waals surface area contributed by atoms with E-state index >= 15 is 0 Å². The Morgan fingerprint density at radius 1 is 0.647 bits per heavy atom. The highest BCUT2D eigenvalue weighted by atomic mass is 31.2. The van der Waals surface area contributed by atoms with Crippen molar-refractivity contribution in [3.05, 3.63) is 24.3 Å². The van der Waals surface area contributed by atoms with Gasteiger partial charge in [0.25, 0.3) is 0 Å². The second-order valence-electron chi connectivity index (χ2n) is 15.8. The van der Waals surface area contributed by atoms with Crippen molar-refractivity contribution in [2.45, 2.75) is 199 Å². The lowest BCUT2D eigenvalue weighted by Crippen LogP contribution is -2.44. The van der Waals surface area contributed by atoms with Crippen LogP contribution >= 0.6 is 7.82 Å². The van der Waals surface area contributed by atoms with Crippen LogP contribution < -0.4 is 5.32 Å². The third-order valence-electron chi connectivity index (χ3n) is 9.46. The molecule has 0 radical (unpaired) electrons. The van der Waals surface area contributed by atoms with Crippen LogP contribution in [-0.4, -0.2) is 73.4 Å². The van der Waals surface area contributed by atoms with E-state index in [2.05, 4.69) is 24.4 Å². The molecule has 0 aliphatic rings. The first-order chi connectivity index (χ1) is 24.5. The number of aliphatic hydroxyl groups excluding tert-OH is 1. The predicted octanol–water partition coefficient (Wildman–Crippen LogP) is 11.4. The molecule has 0 heterocycles. The molecule has 0 saturated heterocycles. The second kappa shape index (κ2) is 34.7. The molecule has 0 aliphatic carbocycles. The molecule has 0 aromatic rings. The number of hydrogen-bond acceptors (Lipinski definition) is 5. The Kier molecular flexibility index (Phi) is 34.0. The van der Waals surface area contributed by atoms with Crippen LogP contribution in [0.2, 0.25) is 0 Å². The number of amides is 1. The molecule has 1 amide bonds. The number of carbonyl (C=O) groups is 1. The Balaban J connectivity index is 3.66. The van der Waals surface area contributed by atoms with E-state index in [1.54, 1.807) is 6.08 Å². The van der Waals surface area contributed by atoms with E-state index in [9.17, 15) is 19.4 Å². The summed E-state index contributed by atoms with van der Waals surface area (Å²) in [5.74, 6) is -0.363. The summed E-state index contributed by atoms with van der Waals surface area (Å²) in [4.78, 5) is 21.6. The van der Waals surface area contributed by atoms with Crippen LogP contribution in [0.25, 0.3) is 0 Å². The molecule has 0 bridgehead atoms. The quantitative estimate of drug-likeness (QED) is 0.0252. The summed E-state index contributed by atoms with van der Waals surface area (Å²) >= 11 is 0. The summed E-state index contributed by atoms with van der Waals surface area (Å²) < 4.78 is 22.8. The Labute approximate surface area is 315 Å². The zero-order valence-electron chi connectivity index (χ0n) is 34.1. The van der Waals surface area contributed by atoms with Crippen molar-refractivity contribution >= 4 is 13.7 Å². The predicted molar refractivity (Wildman–Crippen MR) is 217 cm³/mol. The molecule has 51 heavy (non-hydrogen) atoms. The molecule has 8 nitrogen and oxygen atoms in total. The zero-order valence-corrected chi connectivity index (χ0v) is 35.0. The second-order valence-corrected chi connectivity index (χ2v) is 17.3. The van der Waals surface area contributed by atoms with Gasteiger partial charge in [-0.25, -0.2) is 4.57 Å². The number of phosphoric acid groups is 1. The fraction of sp³-hybridized carbons (Fsp3) is 0.881. The van der Waals surface area contributed by atoms with E-state index in [0.717, 1.165) is 19.3 Å². The monoisotopic (exact) mass is 744 g/mol. The Morgan fingerprint density at radius 2 is 1.04 bits per heavy atom. The summed E-state index contributed by atoms with van der Waals surface area (Å²) in [5, 5.41) is 13.1. The van der Waals surface area contributed by atoms with Crippen LogP contribution in [0.5, 0.6) is 0 Å². The molecule has 3 unspecified atom stereocenters. The van der Waals surface area contributed by atoms with Gasteiger partial charge in [-0.1, -0.05) is 179 Å². The normalized spacial score (nSPS) is 14.7. The van der Waals surface area contributed by atoms with Crippen LogP contribution in [0.3, 0.4) is 0 Å². The first kappa shape index (κ1) is 50.0. The summed E-state index contributed by atoms with van der Waals surface area (Å²) in [6.45, 7) is 3.86. The van der Waals surface area contributed by atoms with Gasteiger partial charge in [-0.15, -0.1) is 0 Å². The lowest BCUT2D eigenvalue weighted by molar-refractivity contribution is -0.870. The Morgan fingerprint density at radius 3 is 1.45 bits per heavy atom. The lowest BCUT2D eigenvalue weighted by atomic mass is 10.0. The van der Waals surface area contributed by atoms with Crippen molar-refractivity contribution in [2.75, 3.05) is 40.9 Å². The molecular formula is C42H84N2O6P+. The highest BCUT2D eigenvalue weighted by Gasteiger charge is 2.27. The maximum absolute atomic E-state index is 12.2. The summed E-state index contributed by atoms with van der Waals surface area (Å²) in [5.41, 5.74) is 0. The number of aliphatic hydroxyl groups is 1. The topological polar surface area (TPSA) is 105 Å². The number of unbranched alkanes of at least 4 members (excludes halogenated alkanes) is 25. The largest absolute Gasteiger partial charge is 0.472 e. The van der Waals surface area contributed by atoms with Crippen LogP contribution in [-0.2, 0) is 18.4 Å². The van der Waals surface area contributed by atoms with E-state index in [1.165, 1.54) is 161 Å². The lowest BCUT2D eigenvalue weighted by Gasteiger charge is -2.25. The zero-order chi connectivity index (χ0) is 37.9. The minimum atomic E-state index is -4.30. The van der Waals surface area contributed by atoms with Crippen LogP contribution in [0.1, 0.15) is 187 Å². The average molecular weight is 744 g/mol. The number of allylic oxidation sites excluding steroid dienone is 3.